The van der Waals surface area contributed by atoms with Crippen molar-refractivity contribution in [3.8, 4) is 10.7 Å². The first kappa shape index (κ1) is 15.5. The summed E-state index contributed by atoms with van der Waals surface area (Å²) in [7, 11) is 2.02. The van der Waals surface area contributed by atoms with E-state index in [9.17, 15) is 0 Å². The van der Waals surface area contributed by atoms with Crippen LogP contribution < -0.4 is 4.31 Å². The molecule has 1 aromatic carbocycles. The lowest BCUT2D eigenvalue weighted by molar-refractivity contribution is 1.23. The molecule has 3 aromatic heterocycles. The fourth-order valence-electron chi connectivity index (χ4n) is 2.51. The van der Waals surface area contributed by atoms with Crippen LogP contribution >= 0.6 is 34.9 Å². The van der Waals surface area contributed by atoms with Crippen LogP contribution in [0.15, 0.2) is 59.1 Å². The third-order valence-corrected chi connectivity index (χ3v) is 5.81. The van der Waals surface area contributed by atoms with Gasteiger partial charge in [0.1, 0.15) is 10.2 Å². The van der Waals surface area contributed by atoms with Gasteiger partial charge < -0.3 is 9.29 Å². The number of thiazole rings is 1. The van der Waals surface area contributed by atoms with Crippen molar-refractivity contribution < 1.29 is 0 Å². The van der Waals surface area contributed by atoms with Gasteiger partial charge in [-0.3, -0.25) is 0 Å². The highest BCUT2D eigenvalue weighted by Crippen LogP contribution is 2.36. The fraction of sp³-hybridized carbons (Fsp3) is 0.0588. The number of pyridine rings is 1. The third kappa shape index (κ3) is 2.88. The highest BCUT2D eigenvalue weighted by molar-refractivity contribution is 8.00. The van der Waals surface area contributed by atoms with Crippen molar-refractivity contribution in [2.24, 2.45) is 0 Å². The summed E-state index contributed by atoms with van der Waals surface area (Å²) in [6, 6.07) is 12.2. The number of benzene rings is 1. The van der Waals surface area contributed by atoms with E-state index in [-0.39, 0.29) is 0 Å². The number of aromatic nitrogens is 3. The van der Waals surface area contributed by atoms with Gasteiger partial charge in [-0.25, -0.2) is 9.97 Å². The minimum absolute atomic E-state index is 0.511. The molecule has 1 N–H and O–H groups in total. The molecule has 0 spiro atoms. The molecule has 4 rings (SSSR count). The van der Waals surface area contributed by atoms with Crippen LogP contribution in [-0.2, 0) is 0 Å². The lowest BCUT2D eigenvalue weighted by Gasteiger charge is -2.19. The number of nitrogens with zero attached hydrogens (tertiary/aromatic N) is 3. The summed E-state index contributed by atoms with van der Waals surface area (Å²) in [5, 5.41) is 4.63. The molecular formula is C17H13ClN4S2. The number of rotatable bonds is 4. The molecule has 0 saturated heterocycles. The fourth-order valence-corrected chi connectivity index (χ4v) is 4.16. The van der Waals surface area contributed by atoms with Crippen molar-refractivity contribution in [3.05, 3.63) is 59.3 Å². The second-order valence-electron chi connectivity index (χ2n) is 5.14. The number of anilines is 1. The SMILES string of the molecule is CN(Sc1cccnc1Cl)c1cccc2cc(-c3nccs3)[nH]c12. The van der Waals surface area contributed by atoms with Gasteiger partial charge in [0.25, 0.3) is 0 Å². The van der Waals surface area contributed by atoms with E-state index in [0.717, 1.165) is 32.2 Å². The summed E-state index contributed by atoms with van der Waals surface area (Å²) in [5.74, 6) is 0. The van der Waals surface area contributed by atoms with Crippen molar-refractivity contribution in [3.63, 3.8) is 0 Å². The van der Waals surface area contributed by atoms with Crippen molar-refractivity contribution in [1.29, 1.82) is 0 Å². The lowest BCUT2D eigenvalue weighted by Crippen LogP contribution is -2.07. The van der Waals surface area contributed by atoms with Gasteiger partial charge in [0, 0.05) is 30.2 Å². The van der Waals surface area contributed by atoms with E-state index in [1.807, 2.05) is 30.8 Å². The average Bonchev–Trinajstić information content (AvgIpc) is 3.25. The molecule has 0 aliphatic rings. The van der Waals surface area contributed by atoms with E-state index in [0.29, 0.717) is 5.15 Å². The summed E-state index contributed by atoms with van der Waals surface area (Å²) >= 11 is 9.35. The molecule has 0 unspecified atom stereocenters. The third-order valence-electron chi connectivity index (χ3n) is 3.60. The normalized spacial score (nSPS) is 11.1. The summed E-state index contributed by atoms with van der Waals surface area (Å²) in [6.07, 6.45) is 3.51. The summed E-state index contributed by atoms with van der Waals surface area (Å²) < 4.78 is 2.09. The Morgan fingerprint density at radius 2 is 2.08 bits per heavy atom. The molecule has 120 valence electrons. The van der Waals surface area contributed by atoms with Crippen molar-refractivity contribution in [2.75, 3.05) is 11.4 Å². The lowest BCUT2D eigenvalue weighted by atomic mass is 10.2. The van der Waals surface area contributed by atoms with E-state index in [2.05, 4.69) is 43.5 Å². The standard InChI is InChI=1S/C17H13ClN4S2/c1-22(24-14-6-3-7-19-16(14)18)13-5-2-4-11-10-12(21-15(11)13)17-20-8-9-23-17/h2-10,21H,1H3. The van der Waals surface area contributed by atoms with Crippen LogP contribution in [0.4, 0.5) is 5.69 Å². The Bertz CT molecular complexity index is 981. The Balaban J connectivity index is 1.72. The molecule has 0 atom stereocenters. The minimum Gasteiger partial charge on any atom is -0.351 e. The van der Waals surface area contributed by atoms with E-state index in [1.165, 1.54) is 0 Å². The second kappa shape index (κ2) is 6.47. The van der Waals surface area contributed by atoms with E-state index < -0.39 is 0 Å². The van der Waals surface area contributed by atoms with Crippen LogP contribution in [0, 0.1) is 0 Å². The quantitative estimate of drug-likeness (QED) is 0.380. The highest BCUT2D eigenvalue weighted by Gasteiger charge is 2.13. The van der Waals surface area contributed by atoms with Gasteiger partial charge in [0.2, 0.25) is 0 Å². The number of halogens is 1. The number of para-hydroxylation sites is 1. The second-order valence-corrected chi connectivity index (χ2v) is 7.57. The van der Waals surface area contributed by atoms with E-state index in [1.54, 1.807) is 29.5 Å². The zero-order valence-electron chi connectivity index (χ0n) is 12.7. The number of nitrogens with one attached hydrogen (secondary N) is 1. The first-order valence-electron chi connectivity index (χ1n) is 7.26. The van der Waals surface area contributed by atoms with Crippen LogP contribution in [0.25, 0.3) is 21.6 Å². The number of hydrogen-bond acceptors (Lipinski definition) is 5. The van der Waals surface area contributed by atoms with Gasteiger partial charge in [-0.2, -0.15) is 0 Å². The molecule has 3 heterocycles. The number of aromatic amines is 1. The zero-order chi connectivity index (χ0) is 16.5. The molecule has 0 saturated carbocycles. The first-order valence-corrected chi connectivity index (χ1v) is 9.29. The predicted octanol–water partition coefficient (Wildman–Crippen LogP) is 5.48. The largest absolute Gasteiger partial charge is 0.351 e. The molecular weight excluding hydrogens is 360 g/mol. The molecule has 7 heteroatoms. The van der Waals surface area contributed by atoms with Gasteiger partial charge in [-0.05, 0) is 36.2 Å². The Kier molecular flexibility index (Phi) is 4.18. The molecule has 4 aromatic rings. The molecule has 0 radical (unpaired) electrons. The maximum atomic E-state index is 6.17. The Labute approximate surface area is 152 Å². The average molecular weight is 373 g/mol. The first-order chi connectivity index (χ1) is 11.7. The van der Waals surface area contributed by atoms with Gasteiger partial charge in [-0.15, -0.1) is 11.3 Å². The summed E-state index contributed by atoms with van der Waals surface area (Å²) in [5.41, 5.74) is 3.20. The van der Waals surface area contributed by atoms with Crippen molar-refractivity contribution in [1.82, 2.24) is 15.0 Å². The maximum Gasteiger partial charge on any atom is 0.144 e. The maximum absolute atomic E-state index is 6.17. The topological polar surface area (TPSA) is 44.8 Å². The van der Waals surface area contributed by atoms with Gasteiger partial charge in [0.15, 0.2) is 0 Å². The van der Waals surface area contributed by atoms with Gasteiger partial charge in [-0.1, -0.05) is 23.7 Å². The van der Waals surface area contributed by atoms with Crippen LogP contribution in [0.5, 0.6) is 0 Å². The smallest absolute Gasteiger partial charge is 0.144 e. The molecule has 0 bridgehead atoms. The zero-order valence-corrected chi connectivity index (χ0v) is 15.1. The van der Waals surface area contributed by atoms with Gasteiger partial charge in [0.05, 0.1) is 21.8 Å². The van der Waals surface area contributed by atoms with E-state index >= 15 is 0 Å². The minimum atomic E-state index is 0.511. The summed E-state index contributed by atoms with van der Waals surface area (Å²) in [6.45, 7) is 0. The number of fused-ring (bicyclic) bond motifs is 1. The van der Waals surface area contributed by atoms with Crippen LogP contribution in [-0.4, -0.2) is 22.0 Å². The monoisotopic (exact) mass is 372 g/mol. The van der Waals surface area contributed by atoms with Crippen LogP contribution in [0.3, 0.4) is 0 Å². The Hall–Kier alpha value is -2.02. The van der Waals surface area contributed by atoms with Crippen LogP contribution in [0.2, 0.25) is 5.15 Å². The molecule has 4 nitrogen and oxygen atoms in total. The molecule has 0 fully saturated rings. The Morgan fingerprint density at radius 1 is 1.17 bits per heavy atom. The van der Waals surface area contributed by atoms with Crippen molar-refractivity contribution >= 4 is 51.5 Å². The van der Waals surface area contributed by atoms with E-state index in [4.69, 9.17) is 11.6 Å². The predicted molar refractivity (Wildman–Crippen MR) is 103 cm³/mol. The molecule has 0 aliphatic carbocycles. The number of hydrogen-bond donors (Lipinski definition) is 1. The van der Waals surface area contributed by atoms with Crippen LogP contribution in [0.1, 0.15) is 0 Å². The van der Waals surface area contributed by atoms with Crippen molar-refractivity contribution in [2.45, 2.75) is 4.90 Å². The Morgan fingerprint density at radius 3 is 2.88 bits per heavy atom. The highest BCUT2D eigenvalue weighted by atomic mass is 35.5. The number of H-pyrrole nitrogens is 1. The molecule has 24 heavy (non-hydrogen) atoms. The summed E-state index contributed by atoms with van der Waals surface area (Å²) in [4.78, 5) is 12.9. The van der Waals surface area contributed by atoms with Gasteiger partial charge >= 0.3 is 0 Å². The molecule has 0 amide bonds. The molecule has 0 aliphatic heterocycles.